The zero-order valence-corrected chi connectivity index (χ0v) is 18.1. The third kappa shape index (κ3) is 7.07. The molecule has 0 spiro atoms. The zero-order chi connectivity index (χ0) is 22.1. The Labute approximate surface area is 184 Å². The molecule has 0 aliphatic heterocycles. The van der Waals surface area contributed by atoms with E-state index in [1.165, 1.54) is 0 Å². The summed E-state index contributed by atoms with van der Waals surface area (Å²) in [5.41, 5.74) is 3.71. The summed E-state index contributed by atoms with van der Waals surface area (Å²) in [5, 5.41) is 2.93. The first-order chi connectivity index (χ1) is 15.0. The second-order valence-corrected chi connectivity index (χ2v) is 8.05. The van der Waals surface area contributed by atoms with E-state index in [1.807, 2.05) is 85.5 Å². The van der Waals surface area contributed by atoms with Crippen molar-refractivity contribution >= 4 is 17.5 Å². The van der Waals surface area contributed by atoms with Gasteiger partial charge in [-0.05, 0) is 40.8 Å². The summed E-state index contributed by atoms with van der Waals surface area (Å²) in [5.74, 6) is 0.286. The number of anilines is 1. The molecule has 0 bridgehead atoms. The Balaban J connectivity index is 1.72. The predicted octanol–water partition coefficient (Wildman–Crippen LogP) is 4.52. The molecule has 0 aliphatic rings. The molecule has 1 N–H and O–H groups in total. The van der Waals surface area contributed by atoms with Crippen molar-refractivity contribution in [3.8, 4) is 0 Å². The maximum absolute atomic E-state index is 13.0. The lowest BCUT2D eigenvalue weighted by Crippen LogP contribution is -2.31. The number of benzene rings is 2. The summed E-state index contributed by atoms with van der Waals surface area (Å²) in [4.78, 5) is 31.3. The van der Waals surface area contributed by atoms with Gasteiger partial charge in [0.05, 0.1) is 13.0 Å². The number of carbonyl (C=O) groups is 2. The van der Waals surface area contributed by atoms with Crippen LogP contribution in [0, 0.1) is 5.92 Å². The van der Waals surface area contributed by atoms with Crippen LogP contribution in [0.2, 0.25) is 0 Å². The minimum Gasteiger partial charge on any atom is -0.352 e. The van der Waals surface area contributed by atoms with Crippen molar-refractivity contribution in [2.75, 3.05) is 4.90 Å². The van der Waals surface area contributed by atoms with E-state index in [4.69, 9.17) is 0 Å². The molecule has 1 aromatic heterocycles. The molecule has 2 aromatic carbocycles. The molecule has 3 rings (SSSR count). The molecule has 0 saturated heterocycles. The summed E-state index contributed by atoms with van der Waals surface area (Å²) < 4.78 is 0. The summed E-state index contributed by atoms with van der Waals surface area (Å²) in [6.45, 7) is 5.03. The lowest BCUT2D eigenvalue weighted by atomic mass is 10.1. The minimum atomic E-state index is -0.0656. The highest BCUT2D eigenvalue weighted by molar-refractivity contribution is 5.93. The van der Waals surface area contributed by atoms with Crippen LogP contribution in [-0.4, -0.2) is 16.8 Å². The average Bonchev–Trinajstić information content (AvgIpc) is 2.77. The van der Waals surface area contributed by atoms with Gasteiger partial charge in [0.2, 0.25) is 11.8 Å². The van der Waals surface area contributed by atoms with E-state index in [2.05, 4.69) is 10.3 Å². The SMILES string of the molecule is CC(C)CC(=O)N(Cc1ccccc1)c1cccc(CC(=O)NCc2cccnc2)c1. The van der Waals surface area contributed by atoms with E-state index in [0.717, 1.165) is 22.4 Å². The van der Waals surface area contributed by atoms with Crippen molar-refractivity contribution in [1.29, 1.82) is 0 Å². The number of carbonyl (C=O) groups excluding carboxylic acids is 2. The standard InChI is InChI=1S/C26H29N3O2/c1-20(2)14-26(31)29(19-21-8-4-3-5-9-21)24-12-6-10-22(15-24)16-25(30)28-18-23-11-7-13-27-17-23/h3-13,15,17,20H,14,16,18-19H2,1-2H3,(H,28,30). The number of aromatic nitrogens is 1. The van der Waals surface area contributed by atoms with Crippen molar-refractivity contribution in [1.82, 2.24) is 10.3 Å². The monoisotopic (exact) mass is 415 g/mol. The number of hydrogen-bond donors (Lipinski definition) is 1. The third-order valence-electron chi connectivity index (χ3n) is 4.87. The molecule has 0 saturated carbocycles. The molecule has 0 aliphatic carbocycles. The Morgan fingerprint density at radius 2 is 1.68 bits per heavy atom. The molecule has 0 atom stereocenters. The van der Waals surface area contributed by atoms with Gasteiger partial charge in [-0.2, -0.15) is 0 Å². The van der Waals surface area contributed by atoms with Crippen LogP contribution < -0.4 is 10.2 Å². The van der Waals surface area contributed by atoms with Gasteiger partial charge in [-0.25, -0.2) is 0 Å². The maximum atomic E-state index is 13.0. The fourth-order valence-electron chi connectivity index (χ4n) is 3.33. The molecule has 5 heteroatoms. The summed E-state index contributed by atoms with van der Waals surface area (Å²) >= 11 is 0. The van der Waals surface area contributed by atoms with Crippen LogP contribution in [0.5, 0.6) is 0 Å². The van der Waals surface area contributed by atoms with Gasteiger partial charge in [-0.1, -0.05) is 62.4 Å². The van der Waals surface area contributed by atoms with E-state index >= 15 is 0 Å². The molecule has 0 radical (unpaired) electrons. The molecule has 1 heterocycles. The largest absolute Gasteiger partial charge is 0.352 e. The molecule has 3 aromatic rings. The van der Waals surface area contributed by atoms with Crippen molar-refractivity contribution < 1.29 is 9.59 Å². The van der Waals surface area contributed by atoms with E-state index < -0.39 is 0 Å². The normalized spacial score (nSPS) is 10.7. The van der Waals surface area contributed by atoms with Gasteiger partial charge in [0.15, 0.2) is 0 Å². The molecule has 31 heavy (non-hydrogen) atoms. The highest BCUT2D eigenvalue weighted by atomic mass is 16.2. The van der Waals surface area contributed by atoms with E-state index in [0.29, 0.717) is 19.5 Å². The van der Waals surface area contributed by atoms with Crippen molar-refractivity contribution in [2.24, 2.45) is 5.92 Å². The molecule has 2 amide bonds. The summed E-state index contributed by atoms with van der Waals surface area (Å²) in [7, 11) is 0. The Morgan fingerprint density at radius 1 is 0.935 bits per heavy atom. The highest BCUT2D eigenvalue weighted by Crippen LogP contribution is 2.22. The van der Waals surface area contributed by atoms with Crippen molar-refractivity contribution in [3.63, 3.8) is 0 Å². The number of amides is 2. The zero-order valence-electron chi connectivity index (χ0n) is 18.1. The van der Waals surface area contributed by atoms with Gasteiger partial charge in [-0.3, -0.25) is 14.6 Å². The summed E-state index contributed by atoms with van der Waals surface area (Å²) in [6, 6.07) is 21.4. The number of nitrogens with zero attached hydrogens (tertiary/aromatic N) is 2. The number of rotatable bonds is 9. The maximum Gasteiger partial charge on any atom is 0.227 e. The lowest BCUT2D eigenvalue weighted by Gasteiger charge is -2.24. The Morgan fingerprint density at radius 3 is 2.39 bits per heavy atom. The smallest absolute Gasteiger partial charge is 0.227 e. The number of nitrogens with one attached hydrogen (secondary N) is 1. The second kappa shape index (κ2) is 11.1. The van der Waals surface area contributed by atoms with Crippen LogP contribution in [0.25, 0.3) is 0 Å². The van der Waals surface area contributed by atoms with Crippen molar-refractivity contribution in [2.45, 2.75) is 39.8 Å². The first-order valence-electron chi connectivity index (χ1n) is 10.6. The Hall–Kier alpha value is -3.47. The van der Waals surface area contributed by atoms with Gasteiger partial charge < -0.3 is 10.2 Å². The van der Waals surface area contributed by atoms with Gasteiger partial charge in [-0.15, -0.1) is 0 Å². The first kappa shape index (κ1) is 22.2. The van der Waals surface area contributed by atoms with Crippen LogP contribution in [-0.2, 0) is 29.1 Å². The van der Waals surface area contributed by atoms with Crippen LogP contribution in [0.1, 0.15) is 37.0 Å². The van der Waals surface area contributed by atoms with Crippen molar-refractivity contribution in [3.05, 3.63) is 95.8 Å². The fraction of sp³-hybridized carbons (Fsp3) is 0.269. The predicted molar refractivity (Wildman–Crippen MR) is 123 cm³/mol. The quantitative estimate of drug-likeness (QED) is 0.559. The van der Waals surface area contributed by atoms with E-state index in [-0.39, 0.29) is 24.2 Å². The molecular weight excluding hydrogens is 386 g/mol. The molecule has 0 unspecified atom stereocenters. The topological polar surface area (TPSA) is 62.3 Å². The highest BCUT2D eigenvalue weighted by Gasteiger charge is 2.18. The average molecular weight is 416 g/mol. The first-order valence-corrected chi connectivity index (χ1v) is 10.6. The fourth-order valence-corrected chi connectivity index (χ4v) is 3.33. The second-order valence-electron chi connectivity index (χ2n) is 8.05. The van der Waals surface area contributed by atoms with Gasteiger partial charge >= 0.3 is 0 Å². The summed E-state index contributed by atoms with van der Waals surface area (Å²) in [6.07, 6.45) is 4.18. The van der Waals surface area contributed by atoms with E-state index in [1.54, 1.807) is 12.4 Å². The number of hydrogen-bond acceptors (Lipinski definition) is 3. The molecule has 160 valence electrons. The van der Waals surface area contributed by atoms with Gasteiger partial charge in [0.25, 0.3) is 0 Å². The van der Waals surface area contributed by atoms with Gasteiger partial charge in [0.1, 0.15) is 0 Å². The molecule has 5 nitrogen and oxygen atoms in total. The molecule has 0 fully saturated rings. The Kier molecular flexibility index (Phi) is 7.93. The van der Waals surface area contributed by atoms with Crippen LogP contribution in [0.4, 0.5) is 5.69 Å². The minimum absolute atomic E-state index is 0.0656. The Bertz CT molecular complexity index is 988. The lowest BCUT2D eigenvalue weighted by molar-refractivity contribution is -0.120. The number of pyridine rings is 1. The third-order valence-corrected chi connectivity index (χ3v) is 4.87. The van der Waals surface area contributed by atoms with Gasteiger partial charge in [0, 0.05) is 31.0 Å². The van der Waals surface area contributed by atoms with Crippen LogP contribution >= 0.6 is 0 Å². The van der Waals surface area contributed by atoms with E-state index in [9.17, 15) is 9.59 Å². The van der Waals surface area contributed by atoms with Crippen LogP contribution in [0.3, 0.4) is 0 Å². The van der Waals surface area contributed by atoms with Crippen LogP contribution in [0.15, 0.2) is 79.1 Å². The molecular formula is C26H29N3O2.